The highest BCUT2D eigenvalue weighted by atomic mass is 35.5. The van der Waals surface area contributed by atoms with Crippen LogP contribution in [0.5, 0.6) is 0 Å². The maximum atomic E-state index is 13.1. The van der Waals surface area contributed by atoms with Crippen LogP contribution in [0.1, 0.15) is 30.7 Å². The normalized spacial score (nSPS) is 41.9. The van der Waals surface area contributed by atoms with Crippen LogP contribution < -0.4 is 5.73 Å². The molecule has 0 spiro atoms. The predicted molar refractivity (Wildman–Crippen MR) is 96.9 cm³/mol. The molecule has 130 valence electrons. The Bertz CT molecular complexity index is 605. The van der Waals surface area contributed by atoms with Crippen molar-refractivity contribution >= 4 is 18.3 Å². The van der Waals surface area contributed by atoms with Gasteiger partial charge in [0, 0.05) is 24.9 Å². The number of halogens is 1. The van der Waals surface area contributed by atoms with E-state index in [0.29, 0.717) is 30.2 Å². The maximum absolute atomic E-state index is 13.1. The molecule has 1 aromatic rings. The highest BCUT2D eigenvalue weighted by Gasteiger charge is 2.68. The summed E-state index contributed by atoms with van der Waals surface area (Å²) >= 11 is 0. The van der Waals surface area contributed by atoms with Crippen molar-refractivity contribution in [3.8, 4) is 0 Å². The summed E-state index contributed by atoms with van der Waals surface area (Å²) in [7, 11) is 0. The van der Waals surface area contributed by atoms with Crippen molar-refractivity contribution in [1.29, 1.82) is 0 Å². The van der Waals surface area contributed by atoms with E-state index >= 15 is 0 Å². The average molecular weight is 347 g/mol. The van der Waals surface area contributed by atoms with Gasteiger partial charge in [-0.2, -0.15) is 0 Å². The lowest BCUT2D eigenvalue weighted by Gasteiger charge is -2.19. The summed E-state index contributed by atoms with van der Waals surface area (Å²) in [5.41, 5.74) is 7.37. The molecule has 1 heterocycles. The van der Waals surface area contributed by atoms with Gasteiger partial charge in [-0.3, -0.25) is 4.79 Å². The van der Waals surface area contributed by atoms with Crippen LogP contribution >= 0.6 is 12.4 Å². The molecule has 1 aromatic carbocycles. The molecule has 1 amide bonds. The first-order valence-electron chi connectivity index (χ1n) is 9.31. The molecule has 3 saturated carbocycles. The molecule has 1 saturated heterocycles. The van der Waals surface area contributed by atoms with Gasteiger partial charge in [0.1, 0.15) is 0 Å². The van der Waals surface area contributed by atoms with Crippen molar-refractivity contribution in [2.24, 2.45) is 41.2 Å². The first-order chi connectivity index (χ1) is 11.3. The Balaban J connectivity index is 0.00000146. The van der Waals surface area contributed by atoms with E-state index in [1.54, 1.807) is 0 Å². The smallest absolute Gasteiger partial charge is 0.226 e. The fraction of sp³-hybridized carbons (Fsp3) is 0.650. The summed E-state index contributed by atoms with van der Waals surface area (Å²) < 4.78 is 0. The van der Waals surface area contributed by atoms with Crippen LogP contribution in [0, 0.1) is 35.5 Å². The fourth-order valence-electron chi connectivity index (χ4n) is 6.23. The van der Waals surface area contributed by atoms with Crippen molar-refractivity contribution in [2.75, 3.05) is 19.6 Å². The minimum Gasteiger partial charge on any atom is -0.341 e. The number of amides is 1. The lowest BCUT2D eigenvalue weighted by molar-refractivity contribution is -0.132. The Labute approximate surface area is 150 Å². The minimum atomic E-state index is 0. The predicted octanol–water partition coefficient (Wildman–Crippen LogP) is 2.90. The fourth-order valence-corrected chi connectivity index (χ4v) is 6.23. The van der Waals surface area contributed by atoms with Gasteiger partial charge in [-0.15, -0.1) is 12.4 Å². The summed E-state index contributed by atoms with van der Waals surface area (Å²) in [5, 5.41) is 0. The summed E-state index contributed by atoms with van der Waals surface area (Å²) in [5.74, 6) is 4.88. The largest absolute Gasteiger partial charge is 0.341 e. The van der Waals surface area contributed by atoms with Gasteiger partial charge in [0.15, 0.2) is 0 Å². The first-order valence-corrected chi connectivity index (χ1v) is 9.31. The molecule has 6 atom stereocenters. The maximum Gasteiger partial charge on any atom is 0.226 e. The zero-order chi connectivity index (χ0) is 15.6. The van der Waals surface area contributed by atoms with E-state index in [1.165, 1.54) is 24.8 Å². The SMILES string of the molecule is Cl.NC[C@@H]1CN(C(=O)C2C3C4CCC(C4)C23)C[C@H]1c1ccccc1. The molecule has 4 unspecified atom stereocenters. The van der Waals surface area contributed by atoms with E-state index in [1.807, 2.05) is 0 Å². The number of hydrogen-bond donors (Lipinski definition) is 1. The average Bonchev–Trinajstić information content (AvgIpc) is 2.95. The second-order valence-electron chi connectivity index (χ2n) is 8.27. The Hall–Kier alpha value is -1.06. The zero-order valence-electron chi connectivity index (χ0n) is 14.0. The number of nitrogens with zero attached hydrogens (tertiary/aromatic N) is 1. The standard InChI is InChI=1S/C20H26N2O.ClH/c21-9-15-10-22(11-16(15)12-4-2-1-3-5-12)20(23)19-17-13-6-7-14(8-13)18(17)19;/h1-5,13-19H,6-11,21H2;1H/t13?,14?,15-,16+,17?,18?,19?;/m1./s1. The molecular formula is C20H27ClN2O. The summed E-state index contributed by atoms with van der Waals surface area (Å²) in [6.07, 6.45) is 4.18. The van der Waals surface area contributed by atoms with Gasteiger partial charge >= 0.3 is 0 Å². The van der Waals surface area contributed by atoms with Crippen LogP contribution in [0.3, 0.4) is 0 Å². The Morgan fingerprint density at radius 2 is 1.75 bits per heavy atom. The highest BCUT2D eigenvalue weighted by Crippen LogP contribution is 2.69. The Kier molecular flexibility index (Phi) is 4.12. The Morgan fingerprint density at radius 3 is 2.38 bits per heavy atom. The number of hydrogen-bond acceptors (Lipinski definition) is 2. The van der Waals surface area contributed by atoms with Crippen molar-refractivity contribution in [3.05, 3.63) is 35.9 Å². The van der Waals surface area contributed by atoms with Gasteiger partial charge in [-0.25, -0.2) is 0 Å². The van der Waals surface area contributed by atoms with Crippen LogP contribution in [0.25, 0.3) is 0 Å². The van der Waals surface area contributed by atoms with Gasteiger partial charge in [0.2, 0.25) is 5.91 Å². The second-order valence-corrected chi connectivity index (χ2v) is 8.27. The molecule has 3 nitrogen and oxygen atoms in total. The van der Waals surface area contributed by atoms with Crippen LogP contribution in [0.2, 0.25) is 0 Å². The van der Waals surface area contributed by atoms with E-state index in [4.69, 9.17) is 5.73 Å². The van der Waals surface area contributed by atoms with Crippen molar-refractivity contribution in [3.63, 3.8) is 0 Å². The number of benzene rings is 1. The zero-order valence-corrected chi connectivity index (χ0v) is 14.8. The molecule has 24 heavy (non-hydrogen) atoms. The van der Waals surface area contributed by atoms with E-state index in [2.05, 4.69) is 35.2 Å². The van der Waals surface area contributed by atoms with E-state index in [-0.39, 0.29) is 12.4 Å². The number of rotatable bonds is 3. The molecule has 0 radical (unpaired) electrons. The van der Waals surface area contributed by atoms with Gasteiger partial charge in [0.05, 0.1) is 0 Å². The van der Waals surface area contributed by atoms with Crippen molar-refractivity contribution < 1.29 is 4.79 Å². The molecule has 3 aliphatic carbocycles. The molecule has 0 aromatic heterocycles. The van der Waals surface area contributed by atoms with E-state index < -0.39 is 0 Å². The number of fused-ring (bicyclic) bond motifs is 5. The van der Waals surface area contributed by atoms with E-state index in [0.717, 1.165) is 36.8 Å². The lowest BCUT2D eigenvalue weighted by atomic mass is 9.89. The van der Waals surface area contributed by atoms with Crippen LogP contribution in [0.15, 0.2) is 30.3 Å². The molecule has 2 bridgehead atoms. The van der Waals surface area contributed by atoms with Crippen molar-refractivity contribution in [1.82, 2.24) is 4.90 Å². The molecule has 4 fully saturated rings. The van der Waals surface area contributed by atoms with Gasteiger partial charge in [-0.1, -0.05) is 30.3 Å². The number of carbonyl (C=O) groups is 1. The summed E-state index contributed by atoms with van der Waals surface area (Å²) in [4.78, 5) is 15.2. The van der Waals surface area contributed by atoms with Gasteiger partial charge in [-0.05, 0) is 61.0 Å². The van der Waals surface area contributed by atoms with Gasteiger partial charge < -0.3 is 10.6 Å². The molecule has 4 aliphatic rings. The first kappa shape index (κ1) is 16.4. The summed E-state index contributed by atoms with van der Waals surface area (Å²) in [6, 6.07) is 10.6. The number of carbonyl (C=O) groups excluding carboxylic acids is 1. The van der Waals surface area contributed by atoms with Crippen LogP contribution in [-0.4, -0.2) is 30.4 Å². The third-order valence-electron chi connectivity index (χ3n) is 7.30. The minimum absolute atomic E-state index is 0. The molecule has 2 N–H and O–H groups in total. The summed E-state index contributed by atoms with van der Waals surface area (Å²) in [6.45, 7) is 2.41. The van der Waals surface area contributed by atoms with Crippen molar-refractivity contribution in [2.45, 2.75) is 25.2 Å². The third-order valence-corrected chi connectivity index (χ3v) is 7.30. The number of likely N-dealkylation sites (tertiary alicyclic amines) is 1. The number of nitrogens with two attached hydrogens (primary N) is 1. The molecule has 5 rings (SSSR count). The quantitative estimate of drug-likeness (QED) is 0.914. The lowest BCUT2D eigenvalue weighted by Crippen LogP contribution is -2.32. The topological polar surface area (TPSA) is 46.3 Å². The van der Waals surface area contributed by atoms with Crippen LogP contribution in [0.4, 0.5) is 0 Å². The monoisotopic (exact) mass is 346 g/mol. The highest BCUT2D eigenvalue weighted by molar-refractivity contribution is 5.85. The Morgan fingerprint density at radius 1 is 1.08 bits per heavy atom. The molecule has 4 heteroatoms. The van der Waals surface area contributed by atoms with Crippen LogP contribution in [-0.2, 0) is 4.79 Å². The van der Waals surface area contributed by atoms with E-state index in [9.17, 15) is 4.79 Å². The van der Waals surface area contributed by atoms with Gasteiger partial charge in [0.25, 0.3) is 0 Å². The molecular weight excluding hydrogens is 320 g/mol. The third kappa shape index (κ3) is 2.32. The second kappa shape index (κ2) is 6.03. The molecule has 1 aliphatic heterocycles.